The minimum Gasteiger partial charge on any atom is -0.423 e. The smallest absolute Gasteiger partial charge is 0.336 e. The Bertz CT molecular complexity index is 1080. The molecule has 0 spiro atoms. The van der Waals surface area contributed by atoms with E-state index in [0.717, 1.165) is 32.7 Å². The molecule has 0 unspecified atom stereocenters. The van der Waals surface area contributed by atoms with E-state index < -0.39 is 0 Å². The van der Waals surface area contributed by atoms with Crippen molar-refractivity contribution in [1.29, 1.82) is 0 Å². The van der Waals surface area contributed by atoms with Gasteiger partial charge in [-0.05, 0) is 54.8 Å². The van der Waals surface area contributed by atoms with Crippen LogP contribution in [0, 0.1) is 13.8 Å². The number of H-pyrrole nitrogens is 1. The number of hydrogen-bond donors (Lipinski definition) is 1. The first kappa shape index (κ1) is 15.0. The van der Waals surface area contributed by atoms with Crippen LogP contribution in [0.5, 0.6) is 0 Å². The van der Waals surface area contributed by atoms with Crippen molar-refractivity contribution in [3.63, 3.8) is 0 Å². The number of benzene rings is 2. The van der Waals surface area contributed by atoms with Crippen LogP contribution >= 0.6 is 11.8 Å². The highest BCUT2D eigenvalue weighted by atomic mass is 32.2. The molecule has 0 aliphatic heterocycles. The predicted molar refractivity (Wildman–Crippen MR) is 97.6 cm³/mol. The maximum Gasteiger partial charge on any atom is 0.336 e. The topological polar surface area (TPSA) is 58.9 Å². The molecule has 2 aromatic carbocycles. The molecule has 0 aliphatic carbocycles. The van der Waals surface area contributed by atoms with Crippen molar-refractivity contribution < 1.29 is 4.42 Å². The summed E-state index contributed by atoms with van der Waals surface area (Å²) in [4.78, 5) is 19.7. The molecule has 1 N–H and O–H groups in total. The lowest BCUT2D eigenvalue weighted by Crippen LogP contribution is -2.00. The van der Waals surface area contributed by atoms with Crippen molar-refractivity contribution in [3.05, 3.63) is 69.6 Å². The lowest BCUT2D eigenvalue weighted by Gasteiger charge is -2.07. The fourth-order valence-corrected chi connectivity index (χ4v) is 3.62. The molecule has 4 rings (SSSR count). The number of rotatable bonds is 3. The zero-order chi connectivity index (χ0) is 16.7. The van der Waals surface area contributed by atoms with Gasteiger partial charge in [0.1, 0.15) is 5.58 Å². The third-order valence-electron chi connectivity index (χ3n) is 4.18. The number of nitrogens with one attached hydrogen (secondary N) is 1. The number of thioether (sulfide) groups is 1. The zero-order valence-corrected chi connectivity index (χ0v) is 14.2. The highest BCUT2D eigenvalue weighted by Crippen LogP contribution is 2.27. The van der Waals surface area contributed by atoms with Gasteiger partial charge in [-0.15, -0.1) is 0 Å². The van der Waals surface area contributed by atoms with Crippen LogP contribution in [0.2, 0.25) is 0 Å². The lowest BCUT2D eigenvalue weighted by molar-refractivity contribution is 0.559. The van der Waals surface area contributed by atoms with Gasteiger partial charge in [0.05, 0.1) is 11.0 Å². The number of aromatic nitrogens is 2. The molecule has 24 heavy (non-hydrogen) atoms. The van der Waals surface area contributed by atoms with Gasteiger partial charge in [-0.2, -0.15) is 0 Å². The van der Waals surface area contributed by atoms with E-state index in [1.165, 1.54) is 5.56 Å². The summed E-state index contributed by atoms with van der Waals surface area (Å²) in [6, 6.07) is 13.5. The number of nitrogens with zero attached hydrogens (tertiary/aromatic N) is 1. The normalized spacial score (nSPS) is 11.4. The highest BCUT2D eigenvalue weighted by molar-refractivity contribution is 7.98. The quantitative estimate of drug-likeness (QED) is 0.439. The van der Waals surface area contributed by atoms with Crippen molar-refractivity contribution in [2.75, 3.05) is 0 Å². The Kier molecular flexibility index (Phi) is 3.65. The molecule has 0 atom stereocenters. The Morgan fingerprint density at radius 1 is 1.12 bits per heavy atom. The summed E-state index contributed by atoms with van der Waals surface area (Å²) in [7, 11) is 0. The SMILES string of the molecule is Cc1cc2oc(=O)cc(CSc3nc4ccccc4[nH]3)c2cc1C. The van der Waals surface area contributed by atoms with Crippen molar-refractivity contribution >= 4 is 33.8 Å². The average molecular weight is 336 g/mol. The van der Waals surface area contributed by atoms with Crippen LogP contribution in [0.25, 0.3) is 22.0 Å². The van der Waals surface area contributed by atoms with Gasteiger partial charge in [0.25, 0.3) is 0 Å². The van der Waals surface area contributed by atoms with Crippen LogP contribution in [-0.2, 0) is 5.75 Å². The standard InChI is InChI=1S/C19H16N2O2S/c1-11-7-14-13(9-18(22)23-17(14)8-12(11)2)10-24-19-20-15-5-3-4-6-16(15)21-19/h3-9H,10H2,1-2H3,(H,20,21). The molecule has 2 aromatic heterocycles. The van der Waals surface area contributed by atoms with E-state index in [2.05, 4.69) is 23.0 Å². The molecule has 2 heterocycles. The van der Waals surface area contributed by atoms with Crippen LogP contribution in [-0.4, -0.2) is 9.97 Å². The lowest BCUT2D eigenvalue weighted by atomic mass is 10.0. The van der Waals surface area contributed by atoms with Gasteiger partial charge in [0, 0.05) is 17.2 Å². The second kappa shape index (κ2) is 5.83. The van der Waals surface area contributed by atoms with Gasteiger partial charge in [0.15, 0.2) is 5.16 Å². The number of fused-ring (bicyclic) bond motifs is 2. The molecule has 0 saturated heterocycles. The number of aryl methyl sites for hydroxylation is 2. The van der Waals surface area contributed by atoms with Crippen molar-refractivity contribution in [2.45, 2.75) is 24.8 Å². The Labute approximate surface area is 142 Å². The first-order valence-corrected chi connectivity index (χ1v) is 8.70. The molecule has 0 radical (unpaired) electrons. The first-order valence-electron chi connectivity index (χ1n) is 7.72. The number of imidazole rings is 1. The van der Waals surface area contributed by atoms with Gasteiger partial charge in [0.2, 0.25) is 0 Å². The second-order valence-electron chi connectivity index (χ2n) is 5.87. The van der Waals surface area contributed by atoms with Crippen molar-refractivity contribution in [3.8, 4) is 0 Å². The number of aromatic amines is 1. The minimum absolute atomic E-state index is 0.314. The monoisotopic (exact) mass is 336 g/mol. The van der Waals surface area contributed by atoms with Gasteiger partial charge >= 0.3 is 5.63 Å². The Morgan fingerprint density at radius 3 is 2.75 bits per heavy atom. The molecule has 0 amide bonds. The van der Waals surface area contributed by atoms with E-state index in [-0.39, 0.29) is 5.63 Å². The van der Waals surface area contributed by atoms with Gasteiger partial charge in [-0.1, -0.05) is 23.9 Å². The molecule has 4 aromatic rings. The molecular weight excluding hydrogens is 320 g/mol. The van der Waals surface area contributed by atoms with Crippen molar-refractivity contribution in [1.82, 2.24) is 9.97 Å². The van der Waals surface area contributed by atoms with Gasteiger partial charge in [-0.25, -0.2) is 9.78 Å². The molecule has 4 nitrogen and oxygen atoms in total. The molecule has 5 heteroatoms. The van der Waals surface area contributed by atoms with E-state index >= 15 is 0 Å². The first-order chi connectivity index (χ1) is 11.6. The third-order valence-corrected chi connectivity index (χ3v) is 5.10. The molecule has 0 bridgehead atoms. The largest absolute Gasteiger partial charge is 0.423 e. The molecular formula is C19H16N2O2S. The Morgan fingerprint density at radius 2 is 1.92 bits per heavy atom. The fraction of sp³-hybridized carbons (Fsp3) is 0.158. The number of para-hydroxylation sites is 2. The Hall–Kier alpha value is -2.53. The molecule has 0 aliphatic rings. The Balaban J connectivity index is 1.71. The van der Waals surface area contributed by atoms with Crippen LogP contribution < -0.4 is 5.63 Å². The zero-order valence-electron chi connectivity index (χ0n) is 13.4. The van der Waals surface area contributed by atoms with E-state index in [1.807, 2.05) is 37.3 Å². The summed E-state index contributed by atoms with van der Waals surface area (Å²) in [5, 5.41) is 1.84. The molecule has 120 valence electrons. The van der Waals surface area contributed by atoms with Crippen LogP contribution in [0.1, 0.15) is 16.7 Å². The second-order valence-corrected chi connectivity index (χ2v) is 6.84. The van der Waals surface area contributed by atoms with Gasteiger partial charge in [-0.3, -0.25) is 0 Å². The number of hydrogen-bond acceptors (Lipinski definition) is 4. The predicted octanol–water partition coefficient (Wildman–Crippen LogP) is 4.58. The van der Waals surface area contributed by atoms with Crippen LogP contribution in [0.15, 0.2) is 56.8 Å². The van der Waals surface area contributed by atoms with E-state index in [4.69, 9.17) is 4.42 Å². The summed E-state index contributed by atoms with van der Waals surface area (Å²) in [5.41, 5.74) is 5.57. The third kappa shape index (κ3) is 2.71. The minimum atomic E-state index is -0.314. The van der Waals surface area contributed by atoms with Crippen LogP contribution in [0.3, 0.4) is 0 Å². The summed E-state index contributed by atoms with van der Waals surface area (Å²) >= 11 is 1.59. The molecule has 0 fully saturated rings. The maximum absolute atomic E-state index is 11.9. The summed E-state index contributed by atoms with van der Waals surface area (Å²) in [5.74, 6) is 0.657. The fourth-order valence-electron chi connectivity index (χ4n) is 2.75. The van der Waals surface area contributed by atoms with E-state index in [0.29, 0.717) is 11.3 Å². The summed E-state index contributed by atoms with van der Waals surface area (Å²) < 4.78 is 5.35. The van der Waals surface area contributed by atoms with E-state index in [9.17, 15) is 4.79 Å². The van der Waals surface area contributed by atoms with Crippen LogP contribution in [0.4, 0.5) is 0 Å². The van der Waals surface area contributed by atoms with E-state index in [1.54, 1.807) is 17.8 Å². The van der Waals surface area contributed by atoms with Gasteiger partial charge < -0.3 is 9.40 Å². The van der Waals surface area contributed by atoms with Crippen molar-refractivity contribution in [2.24, 2.45) is 0 Å². The summed E-state index contributed by atoms with van der Waals surface area (Å²) in [6.07, 6.45) is 0. The highest BCUT2D eigenvalue weighted by Gasteiger charge is 2.10. The average Bonchev–Trinajstić information content (AvgIpc) is 2.97. The maximum atomic E-state index is 11.9. The summed E-state index contributed by atoms with van der Waals surface area (Å²) in [6.45, 7) is 4.08. The molecule has 0 saturated carbocycles.